The number of hydrogen-bond donors (Lipinski definition) is 2. The van der Waals surface area contributed by atoms with Crippen molar-refractivity contribution >= 4 is 45.1 Å². The molecule has 7 nitrogen and oxygen atoms in total. The molecule has 0 saturated carbocycles. The minimum absolute atomic E-state index is 0.0191. The minimum atomic E-state index is -3.44. The van der Waals surface area contributed by atoms with Crippen LogP contribution in [-0.2, 0) is 14.8 Å². The third-order valence-corrected chi connectivity index (χ3v) is 5.43. The molecule has 31 heavy (non-hydrogen) atoms. The molecule has 10 heteroatoms. The molecular formula is C21H16ClFN4O3S. The Kier molecular flexibility index (Phi) is 5.38. The summed E-state index contributed by atoms with van der Waals surface area (Å²) in [7, 11) is -3.44. The average molecular weight is 459 g/mol. The highest BCUT2D eigenvalue weighted by atomic mass is 35.5. The van der Waals surface area contributed by atoms with E-state index in [0.29, 0.717) is 45.8 Å². The second-order valence-corrected chi connectivity index (χ2v) is 8.98. The van der Waals surface area contributed by atoms with Gasteiger partial charge in [0.1, 0.15) is 5.82 Å². The molecule has 0 fully saturated rings. The Labute approximate surface area is 182 Å². The molecule has 2 aromatic heterocycles. The van der Waals surface area contributed by atoms with Crippen molar-refractivity contribution in [2.75, 3.05) is 16.3 Å². The van der Waals surface area contributed by atoms with Gasteiger partial charge in [-0.3, -0.25) is 13.9 Å². The number of hydrogen-bond acceptors (Lipinski definition) is 4. The van der Waals surface area contributed by atoms with Crippen molar-refractivity contribution in [3.63, 3.8) is 0 Å². The lowest BCUT2D eigenvalue weighted by Gasteiger charge is -2.11. The first-order valence-electron chi connectivity index (χ1n) is 9.00. The predicted molar refractivity (Wildman–Crippen MR) is 119 cm³/mol. The van der Waals surface area contributed by atoms with E-state index in [1.54, 1.807) is 47.1 Å². The van der Waals surface area contributed by atoms with Crippen molar-refractivity contribution in [3.05, 3.63) is 71.8 Å². The van der Waals surface area contributed by atoms with Gasteiger partial charge in [0.15, 0.2) is 5.65 Å². The normalized spacial score (nSPS) is 11.5. The molecule has 0 aliphatic carbocycles. The molecule has 0 atom stereocenters. The van der Waals surface area contributed by atoms with E-state index in [1.807, 2.05) is 6.07 Å². The number of nitrogens with one attached hydrogen (secondary N) is 2. The number of carbonyl (C=O) groups excluding carboxylic acids is 1. The maximum atomic E-state index is 13.6. The molecule has 0 radical (unpaired) electrons. The number of fused-ring (bicyclic) bond motifs is 1. The van der Waals surface area contributed by atoms with Crippen LogP contribution in [-0.4, -0.2) is 30.5 Å². The van der Waals surface area contributed by atoms with Crippen LogP contribution in [0.15, 0.2) is 60.9 Å². The zero-order valence-corrected chi connectivity index (χ0v) is 17.7. The van der Waals surface area contributed by atoms with Crippen LogP contribution < -0.4 is 10.0 Å². The van der Waals surface area contributed by atoms with Gasteiger partial charge < -0.3 is 5.32 Å². The van der Waals surface area contributed by atoms with E-state index in [-0.39, 0.29) is 5.02 Å². The summed E-state index contributed by atoms with van der Waals surface area (Å²) in [6.07, 6.45) is 5.01. The van der Waals surface area contributed by atoms with Gasteiger partial charge in [-0.15, -0.1) is 0 Å². The second kappa shape index (κ2) is 8.01. The van der Waals surface area contributed by atoms with Gasteiger partial charge >= 0.3 is 0 Å². The Balaban J connectivity index is 1.90. The molecule has 0 aliphatic rings. The molecule has 2 aromatic carbocycles. The summed E-state index contributed by atoms with van der Waals surface area (Å²) >= 11 is 5.94. The SMILES string of the molecule is CS(=O)(=O)Nc1cccc(-c2cc(NC=O)c3ncc(-c4ccc(F)c(Cl)c4)n3c2)c1. The maximum Gasteiger partial charge on any atom is 0.229 e. The average Bonchev–Trinajstić information content (AvgIpc) is 3.13. The third-order valence-electron chi connectivity index (χ3n) is 4.53. The molecule has 0 saturated heterocycles. The summed E-state index contributed by atoms with van der Waals surface area (Å²) in [5.74, 6) is -0.529. The highest BCUT2D eigenvalue weighted by molar-refractivity contribution is 7.92. The number of carbonyl (C=O) groups is 1. The van der Waals surface area contributed by atoms with E-state index in [2.05, 4.69) is 15.0 Å². The van der Waals surface area contributed by atoms with Crippen molar-refractivity contribution in [2.45, 2.75) is 0 Å². The summed E-state index contributed by atoms with van der Waals surface area (Å²) in [4.78, 5) is 15.5. The molecule has 4 rings (SSSR count). The van der Waals surface area contributed by atoms with E-state index < -0.39 is 15.8 Å². The van der Waals surface area contributed by atoms with Crippen LogP contribution in [0.1, 0.15) is 0 Å². The van der Waals surface area contributed by atoms with Gasteiger partial charge in [-0.25, -0.2) is 17.8 Å². The molecule has 158 valence electrons. The zero-order valence-electron chi connectivity index (χ0n) is 16.1. The lowest BCUT2D eigenvalue weighted by atomic mass is 10.1. The Bertz CT molecular complexity index is 1420. The number of amides is 1. The lowest BCUT2D eigenvalue weighted by Crippen LogP contribution is -2.09. The van der Waals surface area contributed by atoms with Crippen LogP contribution in [0.5, 0.6) is 0 Å². The van der Waals surface area contributed by atoms with E-state index in [4.69, 9.17) is 11.6 Å². The minimum Gasteiger partial charge on any atom is -0.326 e. The maximum absolute atomic E-state index is 13.6. The fraction of sp³-hybridized carbons (Fsp3) is 0.0476. The summed E-state index contributed by atoms with van der Waals surface area (Å²) in [5, 5.41) is 2.62. The fourth-order valence-electron chi connectivity index (χ4n) is 3.26. The molecule has 2 N–H and O–H groups in total. The Morgan fingerprint density at radius 3 is 2.61 bits per heavy atom. The quantitative estimate of drug-likeness (QED) is 0.419. The number of aromatic nitrogens is 2. The highest BCUT2D eigenvalue weighted by Crippen LogP contribution is 2.32. The van der Waals surface area contributed by atoms with Gasteiger partial charge in [-0.2, -0.15) is 0 Å². The molecule has 0 bridgehead atoms. The number of nitrogens with zero attached hydrogens (tertiary/aromatic N) is 2. The Hall–Kier alpha value is -3.43. The standard InChI is InChI=1S/C21H16ClFN4O3S/c1-31(29,30)26-16-4-2-3-13(7-16)15-9-19(25-12-28)21-24-10-20(27(21)11-15)14-5-6-18(23)17(22)8-14/h2-12,26H,1H3,(H,25,28). The first kappa shape index (κ1) is 20.8. The molecular weight excluding hydrogens is 443 g/mol. The topological polar surface area (TPSA) is 92.6 Å². The van der Waals surface area contributed by atoms with Crippen LogP contribution in [0, 0.1) is 5.82 Å². The van der Waals surface area contributed by atoms with Gasteiger partial charge in [0.2, 0.25) is 16.4 Å². The van der Waals surface area contributed by atoms with Gasteiger partial charge in [0, 0.05) is 23.0 Å². The van der Waals surface area contributed by atoms with E-state index in [0.717, 1.165) is 6.26 Å². The van der Waals surface area contributed by atoms with Gasteiger partial charge in [0.05, 0.1) is 28.9 Å². The van der Waals surface area contributed by atoms with Crippen molar-refractivity contribution in [2.24, 2.45) is 0 Å². The monoisotopic (exact) mass is 458 g/mol. The second-order valence-electron chi connectivity index (χ2n) is 6.83. The molecule has 1 amide bonds. The van der Waals surface area contributed by atoms with E-state index in [1.165, 1.54) is 12.1 Å². The smallest absolute Gasteiger partial charge is 0.229 e. The van der Waals surface area contributed by atoms with Gasteiger partial charge in [-0.05, 0) is 42.0 Å². The summed E-state index contributed by atoms with van der Waals surface area (Å²) in [6.45, 7) is 0. The fourth-order valence-corrected chi connectivity index (χ4v) is 4.00. The number of imidazole rings is 1. The largest absolute Gasteiger partial charge is 0.326 e. The number of pyridine rings is 1. The third kappa shape index (κ3) is 4.37. The number of anilines is 2. The lowest BCUT2D eigenvalue weighted by molar-refractivity contribution is -0.105. The zero-order chi connectivity index (χ0) is 22.2. The number of halogens is 2. The molecule has 0 spiro atoms. The molecule has 0 unspecified atom stereocenters. The Morgan fingerprint density at radius 2 is 1.90 bits per heavy atom. The Morgan fingerprint density at radius 1 is 1.10 bits per heavy atom. The van der Waals surface area contributed by atoms with Crippen LogP contribution in [0.2, 0.25) is 5.02 Å². The van der Waals surface area contributed by atoms with Gasteiger partial charge in [0.25, 0.3) is 0 Å². The molecule has 0 aliphatic heterocycles. The number of sulfonamides is 1. The summed E-state index contributed by atoms with van der Waals surface area (Å²) < 4.78 is 40.9. The van der Waals surface area contributed by atoms with Crippen LogP contribution >= 0.6 is 11.6 Å². The molecule has 4 aromatic rings. The van der Waals surface area contributed by atoms with Crippen molar-refractivity contribution < 1.29 is 17.6 Å². The summed E-state index contributed by atoms with van der Waals surface area (Å²) in [5.41, 5.74) is 4.02. The van der Waals surface area contributed by atoms with Crippen LogP contribution in [0.25, 0.3) is 28.0 Å². The highest BCUT2D eigenvalue weighted by Gasteiger charge is 2.14. The van der Waals surface area contributed by atoms with Crippen LogP contribution in [0.3, 0.4) is 0 Å². The summed E-state index contributed by atoms with van der Waals surface area (Å²) in [6, 6.07) is 12.9. The van der Waals surface area contributed by atoms with Crippen molar-refractivity contribution in [1.82, 2.24) is 9.38 Å². The van der Waals surface area contributed by atoms with Crippen molar-refractivity contribution in [3.8, 4) is 22.4 Å². The van der Waals surface area contributed by atoms with Gasteiger partial charge in [-0.1, -0.05) is 23.7 Å². The van der Waals surface area contributed by atoms with Crippen LogP contribution in [0.4, 0.5) is 15.8 Å². The van der Waals surface area contributed by atoms with Crippen molar-refractivity contribution in [1.29, 1.82) is 0 Å². The molecule has 2 heterocycles. The number of benzene rings is 2. The van der Waals surface area contributed by atoms with E-state index >= 15 is 0 Å². The first-order chi connectivity index (χ1) is 14.7. The van der Waals surface area contributed by atoms with E-state index in [9.17, 15) is 17.6 Å². The predicted octanol–water partition coefficient (Wildman–Crippen LogP) is 4.40. The first-order valence-corrected chi connectivity index (χ1v) is 11.3. The number of rotatable bonds is 6.